The Balaban J connectivity index is 1.22. The smallest absolute Gasteiger partial charge is 0.177 e. The average molecular weight is 444 g/mol. The zero-order chi connectivity index (χ0) is 21.9. The maximum absolute atomic E-state index is 6.72. The van der Waals surface area contributed by atoms with E-state index in [1.54, 1.807) is 11.3 Å². The van der Waals surface area contributed by atoms with Gasteiger partial charge in [0.25, 0.3) is 0 Å². The van der Waals surface area contributed by atoms with Crippen molar-refractivity contribution in [3.63, 3.8) is 0 Å². The molecule has 4 heterocycles. The minimum atomic E-state index is 0.117. The fraction of sp³-hybridized carbons (Fsp3) is 0.333. The number of rotatable bonds is 3. The molecule has 0 radical (unpaired) electrons. The Morgan fingerprint density at radius 1 is 1.22 bits per heavy atom. The summed E-state index contributed by atoms with van der Waals surface area (Å²) >= 11 is 1.60. The molecule has 0 amide bonds. The van der Waals surface area contributed by atoms with Gasteiger partial charge in [0, 0.05) is 30.9 Å². The SMILES string of the molecule is C=C(c1cnc(C)s1)c1n[nH]c2nc(N3CCC4(CC3)Cc3ccccc3[C@H]4N)cnc12. The maximum atomic E-state index is 6.72. The van der Waals surface area contributed by atoms with Gasteiger partial charge in [-0.05, 0) is 42.7 Å². The minimum absolute atomic E-state index is 0.117. The number of benzene rings is 1. The average Bonchev–Trinajstić information content (AvgIpc) is 3.51. The highest BCUT2D eigenvalue weighted by atomic mass is 32.1. The molecular weight excluding hydrogens is 418 g/mol. The summed E-state index contributed by atoms with van der Waals surface area (Å²) in [5.41, 5.74) is 12.6. The molecule has 3 N–H and O–H groups in total. The third kappa shape index (κ3) is 2.97. The highest BCUT2D eigenvalue weighted by Gasteiger charge is 2.45. The van der Waals surface area contributed by atoms with Crippen LogP contribution in [-0.2, 0) is 6.42 Å². The second-order valence-electron chi connectivity index (χ2n) is 8.92. The van der Waals surface area contributed by atoms with Gasteiger partial charge in [0.1, 0.15) is 17.0 Å². The van der Waals surface area contributed by atoms with Gasteiger partial charge in [0.05, 0.1) is 16.1 Å². The second kappa shape index (κ2) is 7.21. The summed E-state index contributed by atoms with van der Waals surface area (Å²) < 4.78 is 0. The first kappa shape index (κ1) is 19.6. The summed E-state index contributed by atoms with van der Waals surface area (Å²) in [6.45, 7) is 8.04. The van der Waals surface area contributed by atoms with Gasteiger partial charge in [0.2, 0.25) is 0 Å². The summed E-state index contributed by atoms with van der Waals surface area (Å²) in [7, 11) is 0. The number of nitrogens with zero attached hydrogens (tertiary/aromatic N) is 5. The first-order valence-electron chi connectivity index (χ1n) is 11.0. The minimum Gasteiger partial charge on any atom is -0.355 e. The molecule has 8 heteroatoms. The van der Waals surface area contributed by atoms with Crippen molar-refractivity contribution in [1.82, 2.24) is 25.1 Å². The van der Waals surface area contributed by atoms with Crippen LogP contribution in [0.1, 0.15) is 45.6 Å². The van der Waals surface area contributed by atoms with Crippen LogP contribution in [0.3, 0.4) is 0 Å². The molecule has 1 aliphatic heterocycles. The van der Waals surface area contributed by atoms with Crippen LogP contribution in [-0.4, -0.2) is 38.2 Å². The molecule has 1 spiro atoms. The molecule has 162 valence electrons. The van der Waals surface area contributed by atoms with Gasteiger partial charge in [-0.25, -0.2) is 15.0 Å². The van der Waals surface area contributed by atoms with E-state index in [0.717, 1.165) is 64.8 Å². The number of aryl methyl sites for hydroxylation is 1. The van der Waals surface area contributed by atoms with Crippen LogP contribution in [0.25, 0.3) is 16.7 Å². The lowest BCUT2D eigenvalue weighted by atomic mass is 9.73. The van der Waals surface area contributed by atoms with E-state index >= 15 is 0 Å². The molecule has 32 heavy (non-hydrogen) atoms. The number of anilines is 1. The van der Waals surface area contributed by atoms with Crippen molar-refractivity contribution < 1.29 is 0 Å². The molecule has 0 unspecified atom stereocenters. The lowest BCUT2D eigenvalue weighted by Gasteiger charge is -2.42. The lowest BCUT2D eigenvalue weighted by Crippen LogP contribution is -2.44. The lowest BCUT2D eigenvalue weighted by molar-refractivity contribution is 0.187. The number of hydrogen-bond acceptors (Lipinski definition) is 7. The summed E-state index contributed by atoms with van der Waals surface area (Å²) in [5.74, 6) is 0.880. The van der Waals surface area contributed by atoms with E-state index < -0.39 is 0 Å². The highest BCUT2D eigenvalue weighted by molar-refractivity contribution is 7.12. The van der Waals surface area contributed by atoms with E-state index in [2.05, 4.69) is 50.9 Å². The van der Waals surface area contributed by atoms with E-state index in [1.165, 1.54) is 11.1 Å². The summed E-state index contributed by atoms with van der Waals surface area (Å²) in [4.78, 5) is 17.2. The molecule has 1 fully saturated rings. The van der Waals surface area contributed by atoms with Gasteiger partial charge in [-0.1, -0.05) is 30.8 Å². The topological polar surface area (TPSA) is 96.6 Å². The third-order valence-corrected chi connectivity index (χ3v) is 8.11. The quantitative estimate of drug-likeness (QED) is 0.496. The molecule has 2 aliphatic rings. The van der Waals surface area contributed by atoms with Crippen molar-refractivity contribution in [2.24, 2.45) is 11.1 Å². The van der Waals surface area contributed by atoms with Crippen LogP contribution in [0.15, 0.2) is 43.2 Å². The van der Waals surface area contributed by atoms with E-state index in [1.807, 2.05) is 19.3 Å². The molecule has 3 aromatic heterocycles. The molecule has 1 atom stereocenters. The summed E-state index contributed by atoms with van der Waals surface area (Å²) in [6.07, 6.45) is 6.87. The number of thiazole rings is 1. The highest BCUT2D eigenvalue weighted by Crippen LogP contribution is 2.50. The normalized spacial score (nSPS) is 19.6. The zero-order valence-electron chi connectivity index (χ0n) is 18.0. The molecule has 0 bridgehead atoms. The van der Waals surface area contributed by atoms with E-state index in [0.29, 0.717) is 5.65 Å². The molecule has 1 aliphatic carbocycles. The van der Waals surface area contributed by atoms with Crippen molar-refractivity contribution in [1.29, 1.82) is 0 Å². The molecule has 6 rings (SSSR count). The fourth-order valence-corrected chi connectivity index (χ4v) is 6.01. The number of nitrogens with two attached hydrogens (primary N) is 1. The first-order valence-corrected chi connectivity index (χ1v) is 11.8. The van der Waals surface area contributed by atoms with Gasteiger partial charge >= 0.3 is 0 Å². The van der Waals surface area contributed by atoms with Crippen molar-refractivity contribution in [3.05, 3.63) is 69.9 Å². The van der Waals surface area contributed by atoms with Gasteiger partial charge in [-0.2, -0.15) is 5.10 Å². The Kier molecular flexibility index (Phi) is 4.41. The van der Waals surface area contributed by atoms with Gasteiger partial charge in [-0.3, -0.25) is 5.10 Å². The predicted octanol–water partition coefficient (Wildman–Crippen LogP) is 4.02. The molecule has 4 aromatic rings. The Morgan fingerprint density at radius 2 is 2.03 bits per heavy atom. The second-order valence-corrected chi connectivity index (χ2v) is 10.2. The van der Waals surface area contributed by atoms with Crippen LogP contribution in [0, 0.1) is 12.3 Å². The van der Waals surface area contributed by atoms with Crippen LogP contribution >= 0.6 is 11.3 Å². The van der Waals surface area contributed by atoms with Crippen LogP contribution in [0.2, 0.25) is 0 Å². The monoisotopic (exact) mass is 443 g/mol. The number of fused-ring (bicyclic) bond motifs is 2. The number of piperidine rings is 1. The maximum Gasteiger partial charge on any atom is 0.177 e. The summed E-state index contributed by atoms with van der Waals surface area (Å²) in [6, 6.07) is 8.76. The number of aromatic amines is 1. The van der Waals surface area contributed by atoms with Crippen LogP contribution in [0.4, 0.5) is 5.82 Å². The van der Waals surface area contributed by atoms with E-state index in [-0.39, 0.29) is 11.5 Å². The molecule has 1 aromatic carbocycles. The van der Waals surface area contributed by atoms with E-state index in [9.17, 15) is 0 Å². The predicted molar refractivity (Wildman–Crippen MR) is 128 cm³/mol. The molecule has 0 saturated carbocycles. The Bertz CT molecular complexity index is 1330. The van der Waals surface area contributed by atoms with Crippen molar-refractivity contribution >= 4 is 33.9 Å². The summed E-state index contributed by atoms with van der Waals surface area (Å²) in [5, 5.41) is 8.50. The molecule has 1 saturated heterocycles. The molecular formula is C24H25N7S. The Hall–Kier alpha value is -3.10. The number of hydrogen-bond donors (Lipinski definition) is 2. The first-order chi connectivity index (χ1) is 15.5. The standard InChI is InChI=1S/C24H25N7S/c1-14(18-12-26-15(2)32-18)20-21-23(30-29-20)28-19(13-27-21)31-9-7-24(8-10-31)11-16-5-3-4-6-17(16)22(24)25/h3-6,12-13,22H,1,7-11,25H2,2H3,(H,28,29,30)/t22-/m1/s1. The number of H-pyrrole nitrogens is 1. The van der Waals surface area contributed by atoms with E-state index in [4.69, 9.17) is 15.7 Å². The Labute approximate surface area is 190 Å². The van der Waals surface area contributed by atoms with Crippen LogP contribution in [0.5, 0.6) is 0 Å². The van der Waals surface area contributed by atoms with Gasteiger partial charge in [0.15, 0.2) is 5.65 Å². The van der Waals surface area contributed by atoms with Crippen molar-refractivity contribution in [3.8, 4) is 0 Å². The number of nitrogens with one attached hydrogen (secondary N) is 1. The van der Waals surface area contributed by atoms with Gasteiger partial charge in [-0.15, -0.1) is 11.3 Å². The fourth-order valence-electron chi connectivity index (χ4n) is 5.26. The Morgan fingerprint density at radius 3 is 2.78 bits per heavy atom. The van der Waals surface area contributed by atoms with Crippen molar-refractivity contribution in [2.45, 2.75) is 32.2 Å². The van der Waals surface area contributed by atoms with Crippen LogP contribution < -0.4 is 10.6 Å². The number of aromatic nitrogens is 5. The van der Waals surface area contributed by atoms with Gasteiger partial charge < -0.3 is 10.6 Å². The third-order valence-electron chi connectivity index (χ3n) is 7.14. The zero-order valence-corrected chi connectivity index (χ0v) is 18.8. The largest absolute Gasteiger partial charge is 0.355 e. The molecule has 7 nitrogen and oxygen atoms in total. The van der Waals surface area contributed by atoms with Crippen molar-refractivity contribution in [2.75, 3.05) is 18.0 Å².